The lowest BCUT2D eigenvalue weighted by atomic mass is 9.90. The third-order valence-electron chi connectivity index (χ3n) is 5.25. The van der Waals surface area contributed by atoms with Crippen molar-refractivity contribution in [3.8, 4) is 0 Å². The molecule has 2 aromatic rings. The number of hydrogen-bond acceptors (Lipinski definition) is 2. The zero-order valence-electron chi connectivity index (χ0n) is 15.4. The monoisotopic (exact) mass is 337 g/mol. The normalized spacial score (nSPS) is 15.9. The van der Waals surface area contributed by atoms with Gasteiger partial charge in [-0.3, -0.25) is 9.48 Å². The average Bonchev–Trinajstić information content (AvgIpc) is 2.86. The molecular formula is C21H27N3O. The van der Waals surface area contributed by atoms with Crippen LogP contribution in [0.3, 0.4) is 0 Å². The molecular weight excluding hydrogens is 310 g/mol. The number of carbonyl (C=O) groups is 1. The third-order valence-corrected chi connectivity index (χ3v) is 5.25. The van der Waals surface area contributed by atoms with Gasteiger partial charge in [0.25, 0.3) is 0 Å². The molecule has 25 heavy (non-hydrogen) atoms. The number of aryl methyl sites for hydroxylation is 2. The van der Waals surface area contributed by atoms with Gasteiger partial charge in [0.1, 0.15) is 0 Å². The molecule has 0 N–H and O–H groups in total. The highest BCUT2D eigenvalue weighted by atomic mass is 16.2. The predicted molar refractivity (Wildman–Crippen MR) is 101 cm³/mol. The number of piperidine rings is 1. The highest BCUT2D eigenvalue weighted by Gasteiger charge is 2.21. The first-order valence-corrected chi connectivity index (χ1v) is 9.05. The fourth-order valence-corrected chi connectivity index (χ4v) is 3.60. The van der Waals surface area contributed by atoms with Gasteiger partial charge in [-0.15, -0.1) is 0 Å². The van der Waals surface area contributed by atoms with Gasteiger partial charge >= 0.3 is 0 Å². The summed E-state index contributed by atoms with van der Waals surface area (Å²) in [6, 6.07) is 10.6. The van der Waals surface area contributed by atoms with Gasteiger partial charge in [0, 0.05) is 37.5 Å². The maximum Gasteiger partial charge on any atom is 0.246 e. The van der Waals surface area contributed by atoms with E-state index in [0.29, 0.717) is 5.92 Å². The SMILES string of the molecule is Cc1nn(C)c(C)c1/C=C/C(=O)N1CCC(Cc2ccccc2)CC1. The summed E-state index contributed by atoms with van der Waals surface area (Å²) in [6.45, 7) is 5.71. The number of amides is 1. The number of carbonyl (C=O) groups excluding carboxylic acids is 1. The van der Waals surface area contributed by atoms with Gasteiger partial charge in [-0.2, -0.15) is 5.10 Å². The van der Waals surface area contributed by atoms with Gasteiger partial charge in [-0.25, -0.2) is 0 Å². The van der Waals surface area contributed by atoms with E-state index in [1.165, 1.54) is 5.56 Å². The second kappa shape index (κ2) is 7.68. The van der Waals surface area contributed by atoms with Crippen molar-refractivity contribution in [3.05, 3.63) is 58.9 Å². The van der Waals surface area contributed by atoms with E-state index in [1.807, 2.05) is 36.6 Å². The second-order valence-corrected chi connectivity index (χ2v) is 7.00. The maximum absolute atomic E-state index is 12.5. The summed E-state index contributed by atoms with van der Waals surface area (Å²) in [5, 5.41) is 4.39. The van der Waals surface area contributed by atoms with E-state index >= 15 is 0 Å². The summed E-state index contributed by atoms with van der Waals surface area (Å²) < 4.78 is 1.86. The number of rotatable bonds is 4. The molecule has 0 saturated carbocycles. The van der Waals surface area contributed by atoms with Crippen molar-refractivity contribution in [3.63, 3.8) is 0 Å². The number of likely N-dealkylation sites (tertiary alicyclic amines) is 1. The lowest BCUT2D eigenvalue weighted by molar-refractivity contribution is -0.127. The Bertz CT molecular complexity index is 753. The molecule has 1 fully saturated rings. The molecule has 1 aromatic carbocycles. The Morgan fingerprint density at radius 1 is 1.20 bits per heavy atom. The van der Waals surface area contributed by atoms with E-state index in [9.17, 15) is 4.79 Å². The first kappa shape index (κ1) is 17.5. The van der Waals surface area contributed by atoms with Crippen LogP contribution < -0.4 is 0 Å². The van der Waals surface area contributed by atoms with Crippen molar-refractivity contribution in [1.29, 1.82) is 0 Å². The summed E-state index contributed by atoms with van der Waals surface area (Å²) in [5.74, 6) is 0.791. The number of aromatic nitrogens is 2. The van der Waals surface area contributed by atoms with E-state index < -0.39 is 0 Å². The molecule has 1 amide bonds. The van der Waals surface area contributed by atoms with Crippen molar-refractivity contribution in [2.24, 2.45) is 13.0 Å². The van der Waals surface area contributed by atoms with Crippen LogP contribution in [-0.4, -0.2) is 33.7 Å². The summed E-state index contributed by atoms with van der Waals surface area (Å²) in [4.78, 5) is 14.4. The number of nitrogens with zero attached hydrogens (tertiary/aromatic N) is 3. The minimum Gasteiger partial charge on any atom is -0.339 e. The van der Waals surface area contributed by atoms with Crippen LogP contribution in [0, 0.1) is 19.8 Å². The fraction of sp³-hybridized carbons (Fsp3) is 0.429. The van der Waals surface area contributed by atoms with Crippen molar-refractivity contribution in [1.82, 2.24) is 14.7 Å². The number of benzene rings is 1. The van der Waals surface area contributed by atoms with E-state index in [1.54, 1.807) is 6.08 Å². The van der Waals surface area contributed by atoms with Crippen LogP contribution in [0.2, 0.25) is 0 Å². The van der Waals surface area contributed by atoms with Gasteiger partial charge in [-0.05, 0) is 50.7 Å². The van der Waals surface area contributed by atoms with Crippen molar-refractivity contribution >= 4 is 12.0 Å². The van der Waals surface area contributed by atoms with Gasteiger partial charge in [0.05, 0.1) is 5.69 Å². The highest BCUT2D eigenvalue weighted by Crippen LogP contribution is 2.22. The first-order valence-electron chi connectivity index (χ1n) is 9.05. The standard InChI is InChI=1S/C21H27N3O/c1-16-20(17(2)23(3)22-16)9-10-21(25)24-13-11-19(12-14-24)15-18-7-5-4-6-8-18/h4-10,19H,11-15H2,1-3H3/b10-9+. The van der Waals surface area contributed by atoms with E-state index in [0.717, 1.165) is 49.3 Å². The Hall–Kier alpha value is -2.36. The fourth-order valence-electron chi connectivity index (χ4n) is 3.60. The lowest BCUT2D eigenvalue weighted by Crippen LogP contribution is -2.37. The first-order chi connectivity index (χ1) is 12.0. The van der Waals surface area contributed by atoms with Crippen LogP contribution in [0.1, 0.15) is 35.4 Å². The van der Waals surface area contributed by atoms with Crippen LogP contribution in [0.4, 0.5) is 0 Å². The number of hydrogen-bond donors (Lipinski definition) is 0. The Morgan fingerprint density at radius 3 is 2.48 bits per heavy atom. The van der Waals surface area contributed by atoms with Crippen LogP contribution >= 0.6 is 0 Å². The Morgan fingerprint density at radius 2 is 1.88 bits per heavy atom. The zero-order chi connectivity index (χ0) is 17.8. The Kier molecular flexibility index (Phi) is 5.37. The van der Waals surface area contributed by atoms with Crippen molar-refractivity contribution in [2.75, 3.05) is 13.1 Å². The molecule has 132 valence electrons. The van der Waals surface area contributed by atoms with E-state index in [-0.39, 0.29) is 5.91 Å². The third kappa shape index (κ3) is 4.19. The topological polar surface area (TPSA) is 38.1 Å². The smallest absolute Gasteiger partial charge is 0.246 e. The Labute approximate surface area is 150 Å². The molecule has 0 spiro atoms. The molecule has 1 saturated heterocycles. The molecule has 1 aliphatic heterocycles. The van der Waals surface area contributed by atoms with Gasteiger partial charge in [0.15, 0.2) is 0 Å². The quantitative estimate of drug-likeness (QED) is 0.801. The van der Waals surface area contributed by atoms with E-state index in [4.69, 9.17) is 0 Å². The molecule has 4 nitrogen and oxygen atoms in total. The van der Waals surface area contributed by atoms with Crippen LogP contribution in [-0.2, 0) is 18.3 Å². The van der Waals surface area contributed by atoms with Crippen LogP contribution in [0.15, 0.2) is 36.4 Å². The van der Waals surface area contributed by atoms with Gasteiger partial charge in [-0.1, -0.05) is 30.3 Å². The molecule has 0 unspecified atom stereocenters. The summed E-state index contributed by atoms with van der Waals surface area (Å²) in [6.07, 6.45) is 6.90. The maximum atomic E-state index is 12.5. The van der Waals surface area contributed by atoms with Crippen LogP contribution in [0.25, 0.3) is 6.08 Å². The molecule has 0 bridgehead atoms. The summed E-state index contributed by atoms with van der Waals surface area (Å²) in [7, 11) is 1.93. The second-order valence-electron chi connectivity index (χ2n) is 7.00. The summed E-state index contributed by atoms with van der Waals surface area (Å²) in [5.41, 5.74) is 4.50. The molecule has 4 heteroatoms. The molecule has 1 aliphatic rings. The molecule has 3 rings (SSSR count). The molecule has 0 atom stereocenters. The van der Waals surface area contributed by atoms with E-state index in [2.05, 4.69) is 35.4 Å². The minimum atomic E-state index is 0.112. The van der Waals surface area contributed by atoms with Gasteiger partial charge in [0.2, 0.25) is 5.91 Å². The molecule has 0 radical (unpaired) electrons. The lowest BCUT2D eigenvalue weighted by Gasteiger charge is -2.31. The Balaban J connectivity index is 1.54. The molecule has 2 heterocycles. The minimum absolute atomic E-state index is 0.112. The highest BCUT2D eigenvalue weighted by molar-refractivity contribution is 5.92. The van der Waals surface area contributed by atoms with Gasteiger partial charge < -0.3 is 4.90 Å². The zero-order valence-corrected chi connectivity index (χ0v) is 15.4. The summed E-state index contributed by atoms with van der Waals surface area (Å²) >= 11 is 0. The molecule has 1 aromatic heterocycles. The molecule has 0 aliphatic carbocycles. The van der Waals surface area contributed by atoms with Crippen molar-refractivity contribution < 1.29 is 4.79 Å². The predicted octanol–water partition coefficient (Wildman–Crippen LogP) is 3.53. The largest absolute Gasteiger partial charge is 0.339 e. The van der Waals surface area contributed by atoms with Crippen LogP contribution in [0.5, 0.6) is 0 Å². The average molecular weight is 337 g/mol. The van der Waals surface area contributed by atoms with Crippen molar-refractivity contribution in [2.45, 2.75) is 33.1 Å².